The minimum Gasteiger partial charge on any atom is -0.335 e. The van der Waals surface area contributed by atoms with Gasteiger partial charge in [0.1, 0.15) is 0 Å². The molecule has 124 valence electrons. The first-order valence-corrected chi connectivity index (χ1v) is 9.20. The molecule has 2 heterocycles. The summed E-state index contributed by atoms with van der Waals surface area (Å²) in [4.78, 5) is 14.2. The highest BCUT2D eigenvalue weighted by Gasteiger charge is 2.48. The first kappa shape index (κ1) is 15.0. The number of amides is 2. The second kappa shape index (κ2) is 6.16. The molecular formula is C19H28N3O+. The van der Waals surface area contributed by atoms with E-state index in [0.29, 0.717) is 6.04 Å². The summed E-state index contributed by atoms with van der Waals surface area (Å²) in [5.41, 5.74) is 2.04. The lowest BCUT2D eigenvalue weighted by Crippen LogP contribution is -3.22. The molecule has 2 aliphatic heterocycles. The molecule has 4 heteroatoms. The van der Waals surface area contributed by atoms with Gasteiger partial charge in [-0.3, -0.25) is 0 Å². The molecule has 1 aromatic carbocycles. The smallest absolute Gasteiger partial charge is 0.319 e. The summed E-state index contributed by atoms with van der Waals surface area (Å²) in [5.74, 6) is 0. The number of hydrogen-bond acceptors (Lipinski definition) is 1. The van der Waals surface area contributed by atoms with Crippen molar-refractivity contribution < 1.29 is 9.69 Å². The van der Waals surface area contributed by atoms with Crippen LogP contribution in [0.1, 0.15) is 50.5 Å². The van der Waals surface area contributed by atoms with Gasteiger partial charge in [-0.2, -0.15) is 0 Å². The van der Waals surface area contributed by atoms with Crippen LogP contribution in [0.4, 0.5) is 10.5 Å². The molecule has 4 nitrogen and oxygen atoms in total. The molecule has 3 aliphatic rings. The molecule has 2 unspecified atom stereocenters. The Bertz CT molecular complexity index is 570. The predicted molar refractivity (Wildman–Crippen MR) is 91.8 cm³/mol. The largest absolute Gasteiger partial charge is 0.335 e. The lowest BCUT2D eigenvalue weighted by Gasteiger charge is -2.46. The molecule has 0 radical (unpaired) electrons. The summed E-state index contributed by atoms with van der Waals surface area (Å²) >= 11 is 0. The van der Waals surface area contributed by atoms with Crippen LogP contribution in [0, 0.1) is 6.92 Å². The molecule has 1 saturated carbocycles. The fourth-order valence-corrected chi connectivity index (χ4v) is 4.84. The van der Waals surface area contributed by atoms with Crippen molar-refractivity contribution in [1.29, 1.82) is 0 Å². The third kappa shape index (κ3) is 3.37. The number of anilines is 1. The Morgan fingerprint density at radius 1 is 1.09 bits per heavy atom. The highest BCUT2D eigenvalue weighted by atomic mass is 16.2. The van der Waals surface area contributed by atoms with Crippen LogP contribution in [0.2, 0.25) is 0 Å². The van der Waals surface area contributed by atoms with Gasteiger partial charge < -0.3 is 15.5 Å². The van der Waals surface area contributed by atoms with Gasteiger partial charge in [0, 0.05) is 37.4 Å². The van der Waals surface area contributed by atoms with Gasteiger partial charge in [-0.25, -0.2) is 4.79 Å². The predicted octanol–water partition coefficient (Wildman–Crippen LogP) is 2.25. The van der Waals surface area contributed by atoms with Gasteiger partial charge in [-0.15, -0.1) is 0 Å². The summed E-state index contributed by atoms with van der Waals surface area (Å²) in [5, 5.41) is 6.22. The van der Waals surface area contributed by atoms with E-state index in [4.69, 9.17) is 0 Å². The van der Waals surface area contributed by atoms with Crippen molar-refractivity contribution >= 4 is 11.7 Å². The standard InChI is InChI=1S/C19H27N3O/c1-13-4-2-5-14(10-13)20-19(23)21-15-11-17-6-3-7-18(12-15)22(17)16-8-9-16/h2,4-5,10,15-18H,3,6-9,11-12H2,1H3,(H2,20,21,23)/p+1/t15?,17-,18+. The zero-order valence-electron chi connectivity index (χ0n) is 14.0. The maximum Gasteiger partial charge on any atom is 0.319 e. The number of fused-ring (bicyclic) bond motifs is 2. The number of quaternary nitrogens is 1. The monoisotopic (exact) mass is 314 g/mol. The van der Waals surface area contributed by atoms with E-state index >= 15 is 0 Å². The molecule has 3 fully saturated rings. The quantitative estimate of drug-likeness (QED) is 0.787. The number of carbonyl (C=O) groups is 1. The van der Waals surface area contributed by atoms with Gasteiger partial charge >= 0.3 is 6.03 Å². The van der Waals surface area contributed by atoms with E-state index in [2.05, 4.69) is 10.6 Å². The number of carbonyl (C=O) groups excluding carboxylic acids is 1. The highest BCUT2D eigenvalue weighted by Crippen LogP contribution is 2.27. The fraction of sp³-hybridized carbons (Fsp3) is 0.632. The minimum absolute atomic E-state index is 0.0476. The maximum atomic E-state index is 12.3. The molecule has 0 spiro atoms. The Labute approximate surface area is 138 Å². The number of benzene rings is 1. The third-order valence-corrected chi connectivity index (χ3v) is 5.85. The molecule has 23 heavy (non-hydrogen) atoms. The zero-order valence-corrected chi connectivity index (χ0v) is 14.0. The minimum atomic E-state index is -0.0476. The van der Waals surface area contributed by atoms with Gasteiger partial charge in [0.05, 0.1) is 18.1 Å². The number of aryl methyl sites for hydroxylation is 1. The van der Waals surface area contributed by atoms with Crippen molar-refractivity contribution in [3.05, 3.63) is 29.8 Å². The molecule has 3 N–H and O–H groups in total. The molecule has 4 rings (SSSR count). The molecule has 2 bridgehead atoms. The Morgan fingerprint density at radius 2 is 1.83 bits per heavy atom. The van der Waals surface area contributed by atoms with Crippen molar-refractivity contribution in [3.63, 3.8) is 0 Å². The van der Waals surface area contributed by atoms with Crippen LogP contribution >= 0.6 is 0 Å². The fourth-order valence-electron chi connectivity index (χ4n) is 4.84. The van der Waals surface area contributed by atoms with Gasteiger partial charge in [0.2, 0.25) is 0 Å². The van der Waals surface area contributed by atoms with Crippen molar-refractivity contribution in [3.8, 4) is 0 Å². The van der Waals surface area contributed by atoms with Crippen LogP contribution in [0.15, 0.2) is 24.3 Å². The molecule has 1 aliphatic carbocycles. The Hall–Kier alpha value is -1.55. The molecule has 2 amide bonds. The van der Waals surface area contributed by atoms with Gasteiger partial charge in [0.25, 0.3) is 0 Å². The number of rotatable bonds is 3. The lowest BCUT2D eigenvalue weighted by molar-refractivity contribution is -0.971. The average molecular weight is 314 g/mol. The summed E-state index contributed by atoms with van der Waals surface area (Å²) < 4.78 is 0. The van der Waals surface area contributed by atoms with E-state index in [-0.39, 0.29) is 6.03 Å². The third-order valence-electron chi connectivity index (χ3n) is 5.85. The zero-order chi connectivity index (χ0) is 15.8. The lowest BCUT2D eigenvalue weighted by atomic mass is 9.81. The second-order valence-electron chi connectivity index (χ2n) is 7.74. The van der Waals surface area contributed by atoms with Gasteiger partial charge in [-0.1, -0.05) is 12.1 Å². The number of urea groups is 1. The first-order valence-electron chi connectivity index (χ1n) is 9.20. The van der Waals surface area contributed by atoms with Gasteiger partial charge in [-0.05, 0) is 43.9 Å². The number of hydrogen-bond donors (Lipinski definition) is 3. The van der Waals surface area contributed by atoms with Crippen LogP contribution in [0.5, 0.6) is 0 Å². The summed E-state index contributed by atoms with van der Waals surface area (Å²) in [7, 11) is 0. The van der Waals surface area contributed by atoms with E-state index < -0.39 is 0 Å². The van der Waals surface area contributed by atoms with Crippen LogP contribution in [0.3, 0.4) is 0 Å². The van der Waals surface area contributed by atoms with E-state index in [0.717, 1.165) is 36.7 Å². The Balaban J connectivity index is 1.35. The Morgan fingerprint density at radius 3 is 2.48 bits per heavy atom. The van der Waals surface area contributed by atoms with Crippen LogP contribution in [0.25, 0.3) is 0 Å². The Kier molecular flexibility index (Phi) is 4.02. The number of piperidine rings is 2. The van der Waals surface area contributed by atoms with Crippen LogP contribution < -0.4 is 15.5 Å². The normalized spacial score (nSPS) is 33.1. The topological polar surface area (TPSA) is 45.6 Å². The SMILES string of the molecule is Cc1cccc(NC(=O)NC2C[C@H]3CCC[C@@H](C2)[NH+]3C2CC2)c1. The second-order valence-corrected chi connectivity index (χ2v) is 7.74. The van der Waals surface area contributed by atoms with Gasteiger partial charge in [0.15, 0.2) is 0 Å². The van der Waals surface area contributed by atoms with E-state index in [9.17, 15) is 4.79 Å². The van der Waals surface area contributed by atoms with Crippen LogP contribution in [-0.2, 0) is 0 Å². The molecule has 4 atom stereocenters. The average Bonchev–Trinajstić information content (AvgIpc) is 3.30. The van der Waals surface area contributed by atoms with E-state index in [1.807, 2.05) is 36.1 Å². The van der Waals surface area contributed by atoms with Crippen molar-refractivity contribution in [2.75, 3.05) is 5.32 Å². The van der Waals surface area contributed by atoms with Crippen LogP contribution in [-0.4, -0.2) is 30.2 Å². The number of nitrogens with one attached hydrogen (secondary N) is 3. The van der Waals surface area contributed by atoms with Crippen molar-refractivity contribution in [1.82, 2.24) is 5.32 Å². The molecular weight excluding hydrogens is 286 g/mol. The van der Waals surface area contributed by atoms with E-state index in [1.165, 1.54) is 37.7 Å². The van der Waals surface area contributed by atoms with Crippen molar-refractivity contribution in [2.24, 2.45) is 0 Å². The van der Waals surface area contributed by atoms with E-state index in [1.54, 1.807) is 0 Å². The highest BCUT2D eigenvalue weighted by molar-refractivity contribution is 5.89. The summed E-state index contributed by atoms with van der Waals surface area (Å²) in [6, 6.07) is 10.8. The summed E-state index contributed by atoms with van der Waals surface area (Å²) in [6.07, 6.45) is 9.24. The molecule has 2 saturated heterocycles. The van der Waals surface area contributed by atoms with Crippen molar-refractivity contribution in [2.45, 2.75) is 76.0 Å². The first-order chi connectivity index (χ1) is 11.2. The maximum absolute atomic E-state index is 12.3. The summed E-state index contributed by atoms with van der Waals surface area (Å²) in [6.45, 7) is 2.04. The molecule has 0 aromatic heterocycles. The molecule has 1 aromatic rings.